The van der Waals surface area contributed by atoms with E-state index in [-0.39, 0.29) is 5.82 Å². The number of carbonyl (C=O) groups excluding carboxylic acids is 2. The number of rotatable bonds is 7. The summed E-state index contributed by atoms with van der Waals surface area (Å²) in [7, 11) is 0. The number of hydrogen-bond donors (Lipinski definition) is 2. The van der Waals surface area contributed by atoms with Gasteiger partial charge in [0.2, 0.25) is 0 Å². The average Bonchev–Trinajstić information content (AvgIpc) is 2.68. The number of hydrogen-bond acceptors (Lipinski definition) is 4. The summed E-state index contributed by atoms with van der Waals surface area (Å²) in [6, 6.07) is 12.6. The van der Waals surface area contributed by atoms with Crippen molar-refractivity contribution in [3.8, 4) is 11.5 Å². The third kappa shape index (κ3) is 6.42. The van der Waals surface area contributed by atoms with E-state index in [0.29, 0.717) is 29.2 Å². The standard InChI is InChI=1S/C21H23FN2O4/c1-4-27-18-9-11-19(12-10-18)28-15(3)21(26)24-23-20(25)13-14(2)16-5-7-17(22)8-6-16/h5-13,15H,4H2,1-3H3,(H,23,25)(H,24,26)/b14-13+. The maximum absolute atomic E-state index is 12.9. The second kappa shape index (κ2) is 10.1. The summed E-state index contributed by atoms with van der Waals surface area (Å²) >= 11 is 0. The van der Waals surface area contributed by atoms with Gasteiger partial charge in [0.15, 0.2) is 6.10 Å². The fourth-order valence-electron chi connectivity index (χ4n) is 2.29. The molecule has 1 unspecified atom stereocenters. The average molecular weight is 386 g/mol. The van der Waals surface area contributed by atoms with Crippen molar-refractivity contribution in [3.05, 3.63) is 66.0 Å². The highest BCUT2D eigenvalue weighted by Gasteiger charge is 2.15. The minimum Gasteiger partial charge on any atom is -0.494 e. The Morgan fingerprint density at radius 3 is 2.25 bits per heavy atom. The first kappa shape index (κ1) is 21.0. The van der Waals surface area contributed by atoms with Crippen molar-refractivity contribution in [1.29, 1.82) is 0 Å². The van der Waals surface area contributed by atoms with E-state index < -0.39 is 17.9 Å². The molecule has 0 radical (unpaired) electrons. The number of ether oxygens (including phenoxy) is 2. The molecule has 6 nitrogen and oxygen atoms in total. The number of halogens is 1. The van der Waals surface area contributed by atoms with E-state index in [0.717, 1.165) is 0 Å². The summed E-state index contributed by atoms with van der Waals surface area (Å²) in [5.74, 6) is -0.152. The minimum absolute atomic E-state index is 0.352. The highest BCUT2D eigenvalue weighted by molar-refractivity contribution is 5.96. The number of benzene rings is 2. The van der Waals surface area contributed by atoms with Gasteiger partial charge in [0, 0.05) is 6.08 Å². The molecule has 0 spiro atoms. The molecular weight excluding hydrogens is 363 g/mol. The lowest BCUT2D eigenvalue weighted by Crippen LogP contribution is -2.46. The van der Waals surface area contributed by atoms with Crippen molar-refractivity contribution in [3.63, 3.8) is 0 Å². The molecule has 7 heteroatoms. The maximum atomic E-state index is 12.9. The third-order valence-corrected chi connectivity index (χ3v) is 3.77. The molecule has 2 aromatic rings. The maximum Gasteiger partial charge on any atom is 0.279 e. The Balaban J connectivity index is 1.83. The van der Waals surface area contributed by atoms with Crippen molar-refractivity contribution in [2.24, 2.45) is 0 Å². The largest absolute Gasteiger partial charge is 0.494 e. The lowest BCUT2D eigenvalue weighted by molar-refractivity contribution is -0.131. The molecule has 148 valence electrons. The highest BCUT2D eigenvalue weighted by atomic mass is 19.1. The van der Waals surface area contributed by atoms with Crippen molar-refractivity contribution in [2.75, 3.05) is 6.61 Å². The Labute approximate surface area is 163 Å². The molecular formula is C21H23FN2O4. The molecule has 2 rings (SSSR count). The first-order chi connectivity index (χ1) is 13.4. The van der Waals surface area contributed by atoms with Crippen molar-refractivity contribution in [1.82, 2.24) is 10.9 Å². The molecule has 0 aromatic heterocycles. The number of amides is 2. The topological polar surface area (TPSA) is 76.7 Å². The van der Waals surface area contributed by atoms with E-state index in [2.05, 4.69) is 10.9 Å². The molecule has 2 aromatic carbocycles. The number of carbonyl (C=O) groups is 2. The Hall–Kier alpha value is -3.35. The van der Waals surface area contributed by atoms with Crippen LogP contribution in [0.4, 0.5) is 4.39 Å². The van der Waals surface area contributed by atoms with Crippen LogP contribution in [0.2, 0.25) is 0 Å². The van der Waals surface area contributed by atoms with Gasteiger partial charge in [-0.15, -0.1) is 0 Å². The smallest absolute Gasteiger partial charge is 0.279 e. The summed E-state index contributed by atoms with van der Waals surface area (Å²) in [5, 5.41) is 0. The van der Waals surface area contributed by atoms with Crippen molar-refractivity contribution >= 4 is 17.4 Å². The molecule has 0 saturated heterocycles. The van der Waals surface area contributed by atoms with Crippen LogP contribution in [-0.2, 0) is 9.59 Å². The lowest BCUT2D eigenvalue weighted by Gasteiger charge is -2.15. The fraction of sp³-hybridized carbons (Fsp3) is 0.238. The van der Waals surface area contributed by atoms with E-state index in [1.807, 2.05) is 6.92 Å². The van der Waals surface area contributed by atoms with Gasteiger partial charge in [0.05, 0.1) is 6.61 Å². The molecule has 0 aliphatic rings. The summed E-state index contributed by atoms with van der Waals surface area (Å²) in [6.07, 6.45) is 0.492. The van der Waals surface area contributed by atoms with Gasteiger partial charge < -0.3 is 9.47 Å². The number of hydrazine groups is 1. The first-order valence-electron chi connectivity index (χ1n) is 8.82. The SMILES string of the molecule is CCOc1ccc(OC(C)C(=O)NNC(=O)/C=C(\C)c2ccc(F)cc2)cc1. The van der Waals surface area contributed by atoms with Crippen molar-refractivity contribution < 1.29 is 23.5 Å². The molecule has 0 saturated carbocycles. The van der Waals surface area contributed by atoms with Gasteiger partial charge in [-0.1, -0.05) is 12.1 Å². The van der Waals surface area contributed by atoms with E-state index in [4.69, 9.17) is 9.47 Å². The van der Waals surface area contributed by atoms with E-state index in [1.54, 1.807) is 50.2 Å². The molecule has 0 fully saturated rings. The van der Waals surface area contributed by atoms with Crippen LogP contribution in [0.3, 0.4) is 0 Å². The Bertz CT molecular complexity index is 832. The van der Waals surface area contributed by atoms with Crippen LogP contribution in [0.25, 0.3) is 5.57 Å². The van der Waals surface area contributed by atoms with Gasteiger partial charge in [-0.05, 0) is 68.3 Å². The second-order valence-electron chi connectivity index (χ2n) is 5.98. The molecule has 1 atom stereocenters. The summed E-state index contributed by atoms with van der Waals surface area (Å²) in [5.41, 5.74) is 5.94. The zero-order valence-electron chi connectivity index (χ0n) is 16.0. The summed E-state index contributed by atoms with van der Waals surface area (Å²) in [4.78, 5) is 24.0. The molecule has 0 aliphatic carbocycles. The predicted octanol–water partition coefficient (Wildman–Crippen LogP) is 3.24. The summed E-state index contributed by atoms with van der Waals surface area (Å²) in [6.45, 7) is 5.74. The Morgan fingerprint density at radius 2 is 1.64 bits per heavy atom. The molecule has 28 heavy (non-hydrogen) atoms. The van der Waals surface area contributed by atoms with Gasteiger partial charge in [-0.2, -0.15) is 0 Å². The van der Waals surface area contributed by atoms with Crippen LogP contribution in [0.1, 0.15) is 26.3 Å². The molecule has 0 aliphatic heterocycles. The van der Waals surface area contributed by atoms with Crippen LogP contribution in [0.5, 0.6) is 11.5 Å². The van der Waals surface area contributed by atoms with Crippen LogP contribution in [-0.4, -0.2) is 24.5 Å². The fourth-order valence-corrected chi connectivity index (χ4v) is 2.29. The Kier molecular flexibility index (Phi) is 7.56. The molecule has 2 amide bonds. The van der Waals surface area contributed by atoms with Crippen LogP contribution in [0, 0.1) is 5.82 Å². The third-order valence-electron chi connectivity index (χ3n) is 3.77. The van der Waals surface area contributed by atoms with Crippen LogP contribution < -0.4 is 20.3 Å². The van der Waals surface area contributed by atoms with Crippen LogP contribution >= 0.6 is 0 Å². The Morgan fingerprint density at radius 1 is 1.04 bits per heavy atom. The highest BCUT2D eigenvalue weighted by Crippen LogP contribution is 2.18. The van der Waals surface area contributed by atoms with Gasteiger partial charge in [-0.25, -0.2) is 4.39 Å². The normalized spacial score (nSPS) is 12.1. The van der Waals surface area contributed by atoms with Crippen molar-refractivity contribution in [2.45, 2.75) is 26.9 Å². The van der Waals surface area contributed by atoms with Gasteiger partial charge in [-0.3, -0.25) is 20.4 Å². The molecule has 0 bridgehead atoms. The van der Waals surface area contributed by atoms with Crippen LogP contribution in [0.15, 0.2) is 54.6 Å². The quantitative estimate of drug-likeness (QED) is 0.566. The van der Waals surface area contributed by atoms with E-state index in [9.17, 15) is 14.0 Å². The van der Waals surface area contributed by atoms with Gasteiger partial charge in [0.1, 0.15) is 17.3 Å². The minimum atomic E-state index is -0.819. The van der Waals surface area contributed by atoms with E-state index in [1.165, 1.54) is 18.2 Å². The number of nitrogens with one attached hydrogen (secondary N) is 2. The molecule has 0 heterocycles. The van der Waals surface area contributed by atoms with Gasteiger partial charge >= 0.3 is 0 Å². The second-order valence-corrected chi connectivity index (χ2v) is 5.98. The van der Waals surface area contributed by atoms with E-state index >= 15 is 0 Å². The summed E-state index contributed by atoms with van der Waals surface area (Å²) < 4.78 is 23.8. The first-order valence-corrected chi connectivity index (χ1v) is 8.82. The predicted molar refractivity (Wildman–Crippen MR) is 104 cm³/mol. The lowest BCUT2D eigenvalue weighted by atomic mass is 10.1. The monoisotopic (exact) mass is 386 g/mol. The zero-order chi connectivity index (χ0) is 20.5. The van der Waals surface area contributed by atoms with Gasteiger partial charge in [0.25, 0.3) is 11.8 Å². The number of allylic oxidation sites excluding steroid dienone is 1. The molecule has 2 N–H and O–H groups in total. The zero-order valence-corrected chi connectivity index (χ0v) is 16.0.